The summed E-state index contributed by atoms with van der Waals surface area (Å²) in [4.78, 5) is 11.8. The summed E-state index contributed by atoms with van der Waals surface area (Å²) in [6.45, 7) is 5.18. The Balaban J connectivity index is 2.65. The van der Waals surface area contributed by atoms with Crippen LogP contribution in [0.2, 0.25) is 0 Å². The van der Waals surface area contributed by atoms with E-state index < -0.39 is 28.0 Å². The van der Waals surface area contributed by atoms with Crippen LogP contribution in [0.15, 0.2) is 30.3 Å². The Morgan fingerprint density at radius 3 is 2.32 bits per heavy atom. The van der Waals surface area contributed by atoms with Crippen molar-refractivity contribution in [2.24, 2.45) is 0 Å². The number of hydrogen-bond donors (Lipinski definition) is 1. The normalized spacial score (nSPS) is 13.5. The minimum absolute atomic E-state index is 0.316. The van der Waals surface area contributed by atoms with Gasteiger partial charge in [-0.2, -0.15) is 8.42 Å². The number of hydrogen-bond acceptors (Lipinski definition) is 5. The third-order valence-electron chi connectivity index (χ3n) is 2.51. The van der Waals surface area contributed by atoms with E-state index in [-0.39, 0.29) is 0 Å². The molecule has 124 valence electrons. The topological polar surface area (TPSA) is 81.7 Å². The average molecular weight is 329 g/mol. The minimum atomic E-state index is -3.69. The van der Waals surface area contributed by atoms with Crippen LogP contribution >= 0.6 is 0 Å². The molecule has 1 N–H and O–H groups in total. The molecule has 0 bridgehead atoms. The highest BCUT2D eigenvalue weighted by Gasteiger charge is 2.22. The molecule has 7 heteroatoms. The van der Waals surface area contributed by atoms with Gasteiger partial charge in [0, 0.05) is 0 Å². The number of aryl methyl sites for hydroxylation is 1. The first-order valence-electron chi connectivity index (χ1n) is 6.97. The first kappa shape index (κ1) is 18.4. The van der Waals surface area contributed by atoms with Crippen LogP contribution in [0.3, 0.4) is 0 Å². The molecule has 1 amide bonds. The monoisotopic (exact) mass is 329 g/mol. The number of rotatable bonds is 6. The van der Waals surface area contributed by atoms with E-state index >= 15 is 0 Å². The standard InChI is InChI=1S/C15H23NO5S/c1-15(2,3)20-14(17)16-13(21-22(4,18)19)11-10-12-8-6-5-7-9-12/h5-9,13H,10-11H2,1-4H3,(H,16,17)/t13-/m1/s1. The Morgan fingerprint density at radius 2 is 1.82 bits per heavy atom. The Morgan fingerprint density at radius 1 is 1.23 bits per heavy atom. The Bertz CT molecular complexity index is 578. The summed E-state index contributed by atoms with van der Waals surface area (Å²) >= 11 is 0. The molecule has 0 unspecified atom stereocenters. The van der Waals surface area contributed by atoms with E-state index in [1.807, 2.05) is 30.3 Å². The third-order valence-corrected chi connectivity index (χ3v) is 3.09. The van der Waals surface area contributed by atoms with Crippen LogP contribution in [0.5, 0.6) is 0 Å². The molecule has 1 rings (SSSR count). The summed E-state index contributed by atoms with van der Waals surface area (Å²) < 4.78 is 32.6. The number of carbonyl (C=O) groups is 1. The summed E-state index contributed by atoms with van der Waals surface area (Å²) in [5.41, 5.74) is 0.356. The van der Waals surface area contributed by atoms with Gasteiger partial charge in [-0.05, 0) is 39.2 Å². The maximum absolute atomic E-state index is 11.8. The first-order valence-corrected chi connectivity index (χ1v) is 8.78. The van der Waals surface area contributed by atoms with Crippen molar-refractivity contribution in [1.29, 1.82) is 0 Å². The van der Waals surface area contributed by atoms with E-state index in [0.29, 0.717) is 12.8 Å². The van der Waals surface area contributed by atoms with Crippen LogP contribution in [0, 0.1) is 0 Å². The first-order chi connectivity index (χ1) is 10.1. The Labute approximate surface area is 131 Å². The zero-order valence-electron chi connectivity index (χ0n) is 13.3. The predicted molar refractivity (Wildman–Crippen MR) is 83.8 cm³/mol. The van der Waals surface area contributed by atoms with Crippen molar-refractivity contribution in [3.8, 4) is 0 Å². The molecule has 0 aromatic heterocycles. The van der Waals surface area contributed by atoms with Gasteiger partial charge in [0.2, 0.25) is 0 Å². The van der Waals surface area contributed by atoms with Crippen molar-refractivity contribution in [2.45, 2.75) is 45.4 Å². The van der Waals surface area contributed by atoms with Crippen molar-refractivity contribution < 1.29 is 22.1 Å². The second kappa shape index (κ2) is 7.60. The molecule has 0 heterocycles. The van der Waals surface area contributed by atoms with Crippen LogP contribution in [-0.4, -0.2) is 32.6 Å². The lowest BCUT2D eigenvalue weighted by atomic mass is 10.1. The summed E-state index contributed by atoms with van der Waals surface area (Å²) in [7, 11) is -3.69. The lowest BCUT2D eigenvalue weighted by molar-refractivity contribution is 0.0395. The molecule has 0 aliphatic rings. The lowest BCUT2D eigenvalue weighted by Crippen LogP contribution is -2.41. The summed E-state index contributed by atoms with van der Waals surface area (Å²) in [6.07, 6.45) is 0.145. The van der Waals surface area contributed by atoms with Gasteiger partial charge >= 0.3 is 6.09 Å². The zero-order valence-corrected chi connectivity index (χ0v) is 14.1. The largest absolute Gasteiger partial charge is 0.444 e. The fourth-order valence-electron chi connectivity index (χ4n) is 1.74. The van der Waals surface area contributed by atoms with Crippen LogP contribution in [-0.2, 0) is 25.5 Å². The number of benzene rings is 1. The predicted octanol–water partition coefficient (Wildman–Crippen LogP) is 2.45. The highest BCUT2D eigenvalue weighted by Crippen LogP contribution is 2.10. The molecule has 0 spiro atoms. The van der Waals surface area contributed by atoms with Crippen LogP contribution in [0.25, 0.3) is 0 Å². The second-order valence-electron chi connectivity index (χ2n) is 5.96. The molecule has 0 aliphatic carbocycles. The van der Waals surface area contributed by atoms with E-state index in [2.05, 4.69) is 5.32 Å². The summed E-state index contributed by atoms with van der Waals surface area (Å²) in [5.74, 6) is 0. The number of ether oxygens (including phenoxy) is 1. The molecule has 0 aliphatic heterocycles. The number of alkyl carbamates (subject to hydrolysis) is 1. The molecule has 1 atom stereocenters. The van der Waals surface area contributed by atoms with Gasteiger partial charge in [-0.25, -0.2) is 8.98 Å². The molecule has 1 aromatic rings. The quantitative estimate of drug-likeness (QED) is 0.640. The maximum Gasteiger partial charge on any atom is 0.409 e. The van der Waals surface area contributed by atoms with Gasteiger partial charge in [0.25, 0.3) is 10.1 Å². The second-order valence-corrected chi connectivity index (χ2v) is 7.56. The summed E-state index contributed by atoms with van der Waals surface area (Å²) in [6, 6.07) is 9.52. The van der Waals surface area contributed by atoms with Crippen molar-refractivity contribution >= 4 is 16.2 Å². The molecule has 0 saturated carbocycles. The molecule has 1 aromatic carbocycles. The van der Waals surface area contributed by atoms with E-state index in [1.54, 1.807) is 20.8 Å². The maximum atomic E-state index is 11.8. The van der Waals surface area contributed by atoms with E-state index in [9.17, 15) is 13.2 Å². The minimum Gasteiger partial charge on any atom is -0.444 e. The van der Waals surface area contributed by atoms with Crippen molar-refractivity contribution in [3.63, 3.8) is 0 Å². The molecule has 0 fully saturated rings. The Hall–Kier alpha value is -1.60. The van der Waals surface area contributed by atoms with E-state index in [0.717, 1.165) is 11.8 Å². The SMILES string of the molecule is CC(C)(C)OC(=O)N[C@@H](CCc1ccccc1)OS(C)(=O)=O. The van der Waals surface area contributed by atoms with Gasteiger partial charge in [-0.3, -0.25) is 5.32 Å². The van der Waals surface area contributed by atoms with Gasteiger partial charge in [-0.15, -0.1) is 0 Å². The number of amides is 1. The van der Waals surface area contributed by atoms with Crippen molar-refractivity contribution in [2.75, 3.05) is 6.26 Å². The summed E-state index contributed by atoms with van der Waals surface area (Å²) in [5, 5.41) is 2.44. The highest BCUT2D eigenvalue weighted by atomic mass is 32.2. The fourth-order valence-corrected chi connectivity index (χ4v) is 2.30. The van der Waals surface area contributed by atoms with E-state index in [1.165, 1.54) is 0 Å². The number of nitrogens with one attached hydrogen (secondary N) is 1. The molecule has 0 radical (unpaired) electrons. The van der Waals surface area contributed by atoms with Gasteiger partial charge in [0.15, 0.2) is 6.23 Å². The van der Waals surface area contributed by atoms with Crippen LogP contribution in [0.4, 0.5) is 4.79 Å². The average Bonchev–Trinajstić information content (AvgIpc) is 2.33. The van der Waals surface area contributed by atoms with Gasteiger partial charge in [0.05, 0.1) is 6.26 Å². The Kier molecular flexibility index (Phi) is 6.37. The van der Waals surface area contributed by atoms with Gasteiger partial charge < -0.3 is 4.74 Å². The number of carbonyl (C=O) groups excluding carboxylic acids is 1. The molecular formula is C15H23NO5S. The van der Waals surface area contributed by atoms with Gasteiger partial charge in [0.1, 0.15) is 5.60 Å². The van der Waals surface area contributed by atoms with Gasteiger partial charge in [-0.1, -0.05) is 30.3 Å². The van der Waals surface area contributed by atoms with Crippen LogP contribution in [0.1, 0.15) is 32.8 Å². The third kappa shape index (κ3) is 8.63. The zero-order chi connectivity index (χ0) is 16.8. The lowest BCUT2D eigenvalue weighted by Gasteiger charge is -2.23. The van der Waals surface area contributed by atoms with Crippen LogP contribution < -0.4 is 5.32 Å². The molecule has 22 heavy (non-hydrogen) atoms. The van der Waals surface area contributed by atoms with Crippen molar-refractivity contribution in [1.82, 2.24) is 5.32 Å². The van der Waals surface area contributed by atoms with E-state index in [4.69, 9.17) is 8.92 Å². The smallest absolute Gasteiger partial charge is 0.409 e. The molecular weight excluding hydrogens is 306 g/mol. The van der Waals surface area contributed by atoms with Crippen molar-refractivity contribution in [3.05, 3.63) is 35.9 Å². The highest BCUT2D eigenvalue weighted by molar-refractivity contribution is 7.86. The fraction of sp³-hybridized carbons (Fsp3) is 0.533. The molecule has 0 saturated heterocycles. The molecule has 6 nitrogen and oxygen atoms in total.